The zero-order valence-corrected chi connectivity index (χ0v) is 12.1. The molecule has 1 aromatic rings. The van der Waals surface area contributed by atoms with Gasteiger partial charge in [0.1, 0.15) is 12.4 Å². The Bertz CT molecular complexity index is 527. The number of benzene rings is 1. The first kappa shape index (κ1) is 16.4. The molecule has 110 valence electrons. The van der Waals surface area contributed by atoms with Gasteiger partial charge in [0, 0.05) is 13.1 Å². The van der Waals surface area contributed by atoms with Crippen LogP contribution in [0.5, 0.6) is 5.75 Å². The van der Waals surface area contributed by atoms with Crippen LogP contribution in [0.2, 0.25) is 0 Å². The van der Waals surface area contributed by atoms with Crippen LogP contribution in [0.15, 0.2) is 54.5 Å². The van der Waals surface area contributed by atoms with Crippen molar-refractivity contribution in [2.45, 2.75) is 4.90 Å². The Balaban J connectivity index is 2.95. The van der Waals surface area contributed by atoms with Crippen molar-refractivity contribution in [1.29, 1.82) is 0 Å². The number of sulfonamides is 1. The molecular weight excluding hydrogens is 278 g/mol. The van der Waals surface area contributed by atoms with E-state index in [9.17, 15) is 8.42 Å². The second-order valence-electron chi connectivity index (χ2n) is 3.94. The zero-order chi connectivity index (χ0) is 15.0. The highest BCUT2D eigenvalue weighted by atomic mass is 32.2. The third-order valence-corrected chi connectivity index (χ3v) is 4.33. The Morgan fingerprint density at radius 2 is 1.70 bits per heavy atom. The average Bonchev–Trinajstić information content (AvgIpc) is 2.45. The fraction of sp³-hybridized carbons (Fsp3) is 0.286. The molecule has 0 unspecified atom stereocenters. The fourth-order valence-corrected chi connectivity index (χ4v) is 2.96. The highest BCUT2D eigenvalue weighted by Crippen LogP contribution is 2.19. The molecule has 1 aromatic carbocycles. The summed E-state index contributed by atoms with van der Waals surface area (Å²) in [7, 11) is -3.58. The summed E-state index contributed by atoms with van der Waals surface area (Å²) < 4.78 is 31.2. The van der Waals surface area contributed by atoms with Gasteiger partial charge in [-0.15, -0.1) is 13.2 Å². The molecule has 0 aliphatic carbocycles. The van der Waals surface area contributed by atoms with Gasteiger partial charge in [0.25, 0.3) is 0 Å². The smallest absolute Gasteiger partial charge is 0.243 e. The van der Waals surface area contributed by atoms with E-state index in [4.69, 9.17) is 9.84 Å². The number of ether oxygens (including phenoxy) is 1. The summed E-state index contributed by atoms with van der Waals surface area (Å²) in [5, 5.41) is 8.66. The van der Waals surface area contributed by atoms with E-state index >= 15 is 0 Å². The number of aliphatic hydroxyl groups is 1. The highest BCUT2D eigenvalue weighted by Gasteiger charge is 2.22. The molecule has 6 heteroatoms. The van der Waals surface area contributed by atoms with Gasteiger partial charge in [-0.1, -0.05) is 12.2 Å². The Hall–Kier alpha value is -1.63. The number of aliphatic hydroxyl groups excluding tert-OH is 1. The van der Waals surface area contributed by atoms with Gasteiger partial charge in [0.2, 0.25) is 10.0 Å². The number of hydrogen-bond acceptors (Lipinski definition) is 4. The van der Waals surface area contributed by atoms with Gasteiger partial charge in [-0.25, -0.2) is 8.42 Å². The summed E-state index contributed by atoms with van der Waals surface area (Å²) in [5.41, 5.74) is 0. The number of rotatable bonds is 9. The van der Waals surface area contributed by atoms with Crippen molar-refractivity contribution in [3.63, 3.8) is 0 Å². The van der Waals surface area contributed by atoms with Crippen molar-refractivity contribution in [3.05, 3.63) is 49.6 Å². The summed E-state index contributed by atoms with van der Waals surface area (Å²) in [6, 6.07) is 6.06. The molecule has 0 aliphatic rings. The van der Waals surface area contributed by atoms with E-state index < -0.39 is 10.0 Å². The predicted molar refractivity (Wildman–Crippen MR) is 78.2 cm³/mol. The van der Waals surface area contributed by atoms with Crippen molar-refractivity contribution >= 4 is 10.0 Å². The summed E-state index contributed by atoms with van der Waals surface area (Å²) in [6.07, 6.45) is 3.06. The molecule has 0 aromatic heterocycles. The van der Waals surface area contributed by atoms with E-state index in [2.05, 4.69) is 13.2 Å². The van der Waals surface area contributed by atoms with Crippen molar-refractivity contribution in [1.82, 2.24) is 4.31 Å². The average molecular weight is 297 g/mol. The minimum atomic E-state index is -3.58. The van der Waals surface area contributed by atoms with Crippen LogP contribution in [0, 0.1) is 0 Å². The van der Waals surface area contributed by atoms with Crippen molar-refractivity contribution in [3.8, 4) is 5.75 Å². The molecule has 0 bridgehead atoms. The van der Waals surface area contributed by atoms with Crippen molar-refractivity contribution < 1.29 is 18.3 Å². The van der Waals surface area contributed by atoms with E-state index in [0.717, 1.165) is 0 Å². The molecule has 0 spiro atoms. The molecular formula is C14H19NO4S. The van der Waals surface area contributed by atoms with Gasteiger partial charge in [-0.3, -0.25) is 0 Å². The standard InChI is InChI=1S/C14H19NO4S/c1-3-9-15(10-4-2)20(17,18)14-7-5-13(6-8-14)19-12-11-16/h3-8,16H,1-2,9-12H2. The van der Waals surface area contributed by atoms with Crippen LogP contribution < -0.4 is 4.74 Å². The third kappa shape index (κ3) is 4.19. The largest absolute Gasteiger partial charge is 0.491 e. The molecule has 0 heterocycles. The summed E-state index contributed by atoms with van der Waals surface area (Å²) in [4.78, 5) is 0.178. The van der Waals surface area contributed by atoms with Crippen molar-refractivity contribution in [2.75, 3.05) is 26.3 Å². The highest BCUT2D eigenvalue weighted by molar-refractivity contribution is 7.89. The Morgan fingerprint density at radius 3 is 2.15 bits per heavy atom. The number of hydrogen-bond donors (Lipinski definition) is 1. The van der Waals surface area contributed by atoms with E-state index in [0.29, 0.717) is 5.75 Å². The first-order chi connectivity index (χ1) is 9.56. The van der Waals surface area contributed by atoms with Crippen LogP contribution in [0.3, 0.4) is 0 Å². The lowest BCUT2D eigenvalue weighted by Gasteiger charge is -2.19. The van der Waals surface area contributed by atoms with Crippen LogP contribution in [0.25, 0.3) is 0 Å². The SMILES string of the molecule is C=CCN(CC=C)S(=O)(=O)c1ccc(OCCO)cc1. The Kier molecular flexibility index (Phi) is 6.44. The first-order valence-electron chi connectivity index (χ1n) is 6.12. The molecule has 0 aliphatic heterocycles. The van der Waals surface area contributed by atoms with Crippen LogP contribution in [0.1, 0.15) is 0 Å². The maximum Gasteiger partial charge on any atom is 0.243 e. The van der Waals surface area contributed by atoms with Crippen LogP contribution in [-0.2, 0) is 10.0 Å². The van der Waals surface area contributed by atoms with Gasteiger partial charge in [0.15, 0.2) is 0 Å². The second-order valence-corrected chi connectivity index (χ2v) is 5.88. The molecule has 0 radical (unpaired) electrons. The first-order valence-corrected chi connectivity index (χ1v) is 7.56. The van der Waals surface area contributed by atoms with Gasteiger partial charge in [-0.05, 0) is 24.3 Å². The fourth-order valence-electron chi connectivity index (χ4n) is 1.58. The van der Waals surface area contributed by atoms with Gasteiger partial charge in [-0.2, -0.15) is 4.31 Å². The van der Waals surface area contributed by atoms with Crippen LogP contribution in [0.4, 0.5) is 0 Å². The maximum absolute atomic E-state index is 12.4. The van der Waals surface area contributed by atoms with Crippen LogP contribution in [-0.4, -0.2) is 44.1 Å². The van der Waals surface area contributed by atoms with Gasteiger partial charge < -0.3 is 9.84 Å². The molecule has 0 saturated heterocycles. The predicted octanol–water partition coefficient (Wildman–Crippen LogP) is 1.42. The topological polar surface area (TPSA) is 66.8 Å². The molecule has 1 rings (SSSR count). The maximum atomic E-state index is 12.4. The number of nitrogens with zero attached hydrogens (tertiary/aromatic N) is 1. The summed E-state index contributed by atoms with van der Waals surface area (Å²) >= 11 is 0. The normalized spacial score (nSPS) is 11.3. The molecule has 0 fully saturated rings. The third-order valence-electron chi connectivity index (χ3n) is 2.49. The molecule has 1 N–H and O–H groups in total. The molecule has 5 nitrogen and oxygen atoms in total. The van der Waals surface area contributed by atoms with E-state index in [-0.39, 0.29) is 31.2 Å². The summed E-state index contributed by atoms with van der Waals surface area (Å²) in [5.74, 6) is 0.511. The molecule has 0 atom stereocenters. The minimum Gasteiger partial charge on any atom is -0.491 e. The van der Waals surface area contributed by atoms with Gasteiger partial charge >= 0.3 is 0 Å². The van der Waals surface area contributed by atoms with Crippen molar-refractivity contribution in [2.24, 2.45) is 0 Å². The summed E-state index contributed by atoms with van der Waals surface area (Å²) in [6.45, 7) is 7.63. The monoisotopic (exact) mass is 297 g/mol. The zero-order valence-electron chi connectivity index (χ0n) is 11.2. The second kappa shape index (κ2) is 7.84. The molecule has 20 heavy (non-hydrogen) atoms. The Morgan fingerprint density at radius 1 is 1.15 bits per heavy atom. The van der Waals surface area contributed by atoms with E-state index in [1.54, 1.807) is 12.1 Å². The molecule has 0 saturated carbocycles. The lowest BCUT2D eigenvalue weighted by molar-refractivity contribution is 0.201. The molecule has 0 amide bonds. The Labute approximate surface area is 119 Å². The minimum absolute atomic E-state index is 0.0908. The van der Waals surface area contributed by atoms with E-state index in [1.165, 1.54) is 28.6 Å². The van der Waals surface area contributed by atoms with Crippen LogP contribution >= 0.6 is 0 Å². The lowest BCUT2D eigenvalue weighted by Crippen LogP contribution is -2.31. The quantitative estimate of drug-likeness (QED) is 0.700. The van der Waals surface area contributed by atoms with Gasteiger partial charge in [0.05, 0.1) is 11.5 Å². The van der Waals surface area contributed by atoms with E-state index in [1.807, 2.05) is 0 Å². The lowest BCUT2D eigenvalue weighted by atomic mass is 10.3.